The highest BCUT2D eigenvalue weighted by atomic mass is 32.2. The van der Waals surface area contributed by atoms with Gasteiger partial charge in [0.15, 0.2) is 0 Å². The van der Waals surface area contributed by atoms with Gasteiger partial charge in [0.05, 0.1) is 25.1 Å². The maximum Gasteiger partial charge on any atom is 0.251 e. The number of methoxy groups -OCH3 is 1. The summed E-state index contributed by atoms with van der Waals surface area (Å²) in [7, 11) is -1.87. The molecule has 1 amide bonds. The maximum atomic E-state index is 12.4. The lowest BCUT2D eigenvalue weighted by Crippen LogP contribution is -2.27. The van der Waals surface area contributed by atoms with Crippen molar-refractivity contribution in [2.45, 2.75) is 13.0 Å². The van der Waals surface area contributed by atoms with Crippen molar-refractivity contribution in [3.05, 3.63) is 59.7 Å². The molecule has 0 aliphatic rings. The van der Waals surface area contributed by atoms with Crippen molar-refractivity contribution in [2.24, 2.45) is 0 Å². The van der Waals surface area contributed by atoms with Gasteiger partial charge in [-0.25, -0.2) is 8.42 Å². The van der Waals surface area contributed by atoms with Crippen LogP contribution in [0.3, 0.4) is 0 Å². The Bertz CT molecular complexity index is 834. The van der Waals surface area contributed by atoms with Crippen LogP contribution in [0.5, 0.6) is 5.75 Å². The molecular formula is C17H20N2O4S. The first-order valence-electron chi connectivity index (χ1n) is 7.32. The number of benzene rings is 2. The molecule has 7 heteroatoms. The van der Waals surface area contributed by atoms with E-state index in [-0.39, 0.29) is 11.9 Å². The zero-order chi connectivity index (χ0) is 17.7. The fourth-order valence-electron chi connectivity index (χ4n) is 2.29. The highest BCUT2D eigenvalue weighted by Crippen LogP contribution is 2.24. The molecule has 0 fully saturated rings. The fourth-order valence-corrected chi connectivity index (χ4v) is 2.87. The van der Waals surface area contributed by atoms with Crippen molar-refractivity contribution in [2.75, 3.05) is 18.1 Å². The van der Waals surface area contributed by atoms with Gasteiger partial charge in [-0.05, 0) is 36.8 Å². The summed E-state index contributed by atoms with van der Waals surface area (Å²) in [4.78, 5) is 12.4. The van der Waals surface area contributed by atoms with Crippen LogP contribution in [0.4, 0.5) is 5.69 Å². The molecule has 0 radical (unpaired) electrons. The molecule has 1 atom stereocenters. The Hall–Kier alpha value is -2.54. The smallest absolute Gasteiger partial charge is 0.251 e. The normalized spacial score (nSPS) is 12.3. The number of carbonyl (C=O) groups is 1. The van der Waals surface area contributed by atoms with Gasteiger partial charge in [-0.15, -0.1) is 0 Å². The van der Waals surface area contributed by atoms with Gasteiger partial charge in [0.1, 0.15) is 5.75 Å². The highest BCUT2D eigenvalue weighted by Gasteiger charge is 2.16. The number of anilines is 1. The van der Waals surface area contributed by atoms with E-state index in [0.29, 0.717) is 22.6 Å². The van der Waals surface area contributed by atoms with E-state index in [1.54, 1.807) is 55.5 Å². The third-order valence-corrected chi connectivity index (χ3v) is 3.99. The number of para-hydroxylation sites is 1. The third-order valence-electron chi connectivity index (χ3n) is 3.40. The van der Waals surface area contributed by atoms with Crippen molar-refractivity contribution >= 4 is 21.6 Å². The minimum Gasteiger partial charge on any atom is -0.497 e. The molecule has 2 aromatic carbocycles. The van der Waals surface area contributed by atoms with Crippen molar-refractivity contribution in [3.63, 3.8) is 0 Å². The molecule has 0 saturated heterocycles. The van der Waals surface area contributed by atoms with Crippen LogP contribution < -0.4 is 14.8 Å². The Morgan fingerprint density at radius 2 is 1.83 bits per heavy atom. The molecule has 0 unspecified atom stereocenters. The molecule has 0 spiro atoms. The van der Waals surface area contributed by atoms with E-state index < -0.39 is 10.0 Å². The van der Waals surface area contributed by atoms with Gasteiger partial charge < -0.3 is 10.1 Å². The highest BCUT2D eigenvalue weighted by molar-refractivity contribution is 7.92. The SMILES string of the molecule is COc1cccc(C(=O)N[C@H](C)c2ccccc2NS(C)(=O)=O)c1. The Balaban J connectivity index is 2.20. The van der Waals surface area contributed by atoms with Crippen LogP contribution in [0.1, 0.15) is 28.9 Å². The number of amides is 1. The minimum atomic E-state index is -3.40. The first-order valence-corrected chi connectivity index (χ1v) is 9.21. The molecule has 2 N–H and O–H groups in total. The molecule has 24 heavy (non-hydrogen) atoms. The van der Waals surface area contributed by atoms with E-state index in [2.05, 4.69) is 10.0 Å². The van der Waals surface area contributed by atoms with Crippen LogP contribution in [0.2, 0.25) is 0 Å². The molecule has 2 rings (SSSR count). The summed E-state index contributed by atoms with van der Waals surface area (Å²) in [5, 5.41) is 2.86. The zero-order valence-corrected chi connectivity index (χ0v) is 14.6. The molecule has 128 valence electrons. The second-order valence-corrected chi connectivity index (χ2v) is 7.14. The first kappa shape index (κ1) is 17.8. The minimum absolute atomic E-state index is 0.268. The van der Waals surface area contributed by atoms with E-state index in [1.807, 2.05) is 0 Å². The van der Waals surface area contributed by atoms with E-state index in [0.717, 1.165) is 6.26 Å². The molecule has 0 aliphatic heterocycles. The quantitative estimate of drug-likeness (QED) is 0.840. The number of sulfonamides is 1. The molecule has 2 aromatic rings. The molecule has 0 heterocycles. The second kappa shape index (κ2) is 7.35. The lowest BCUT2D eigenvalue weighted by Gasteiger charge is -2.18. The Morgan fingerprint density at radius 3 is 2.50 bits per heavy atom. The van der Waals surface area contributed by atoms with Gasteiger partial charge in [-0.2, -0.15) is 0 Å². The molecule has 0 bridgehead atoms. The first-order chi connectivity index (χ1) is 11.3. The van der Waals surface area contributed by atoms with Crippen LogP contribution in [0.25, 0.3) is 0 Å². The molecular weight excluding hydrogens is 328 g/mol. The van der Waals surface area contributed by atoms with Gasteiger partial charge >= 0.3 is 0 Å². The summed E-state index contributed by atoms with van der Waals surface area (Å²) < 4.78 is 30.5. The van der Waals surface area contributed by atoms with Crippen molar-refractivity contribution in [3.8, 4) is 5.75 Å². The fraction of sp³-hybridized carbons (Fsp3) is 0.235. The maximum absolute atomic E-state index is 12.4. The molecule has 0 aromatic heterocycles. The second-order valence-electron chi connectivity index (χ2n) is 5.39. The molecule has 0 saturated carbocycles. The lowest BCUT2D eigenvalue weighted by atomic mass is 10.1. The van der Waals surface area contributed by atoms with Crippen LogP contribution in [-0.2, 0) is 10.0 Å². The topological polar surface area (TPSA) is 84.5 Å². The Morgan fingerprint density at radius 1 is 1.12 bits per heavy atom. The average Bonchev–Trinajstić information content (AvgIpc) is 2.53. The van der Waals surface area contributed by atoms with Crippen LogP contribution in [-0.4, -0.2) is 27.7 Å². The lowest BCUT2D eigenvalue weighted by molar-refractivity contribution is 0.0939. The summed E-state index contributed by atoms with van der Waals surface area (Å²) in [6.07, 6.45) is 1.09. The van der Waals surface area contributed by atoms with Crippen LogP contribution >= 0.6 is 0 Å². The van der Waals surface area contributed by atoms with E-state index >= 15 is 0 Å². The van der Waals surface area contributed by atoms with Crippen molar-refractivity contribution in [1.29, 1.82) is 0 Å². The van der Waals surface area contributed by atoms with Crippen LogP contribution in [0.15, 0.2) is 48.5 Å². The predicted molar refractivity (Wildman–Crippen MR) is 93.8 cm³/mol. The number of carbonyl (C=O) groups excluding carboxylic acids is 1. The van der Waals surface area contributed by atoms with E-state index in [9.17, 15) is 13.2 Å². The zero-order valence-electron chi connectivity index (χ0n) is 13.7. The number of hydrogen-bond donors (Lipinski definition) is 2. The molecule has 6 nitrogen and oxygen atoms in total. The average molecular weight is 348 g/mol. The third kappa shape index (κ3) is 4.73. The summed E-state index contributed by atoms with van der Waals surface area (Å²) in [6.45, 7) is 1.79. The largest absolute Gasteiger partial charge is 0.497 e. The van der Waals surface area contributed by atoms with Crippen molar-refractivity contribution in [1.82, 2.24) is 5.32 Å². The number of rotatable bonds is 6. The Kier molecular flexibility index (Phi) is 5.46. The van der Waals surface area contributed by atoms with Gasteiger partial charge in [0.25, 0.3) is 5.91 Å². The monoisotopic (exact) mass is 348 g/mol. The molecule has 0 aliphatic carbocycles. The van der Waals surface area contributed by atoms with E-state index in [1.165, 1.54) is 7.11 Å². The van der Waals surface area contributed by atoms with Crippen LogP contribution in [0, 0.1) is 0 Å². The number of nitrogens with one attached hydrogen (secondary N) is 2. The summed E-state index contributed by atoms with van der Waals surface area (Å²) in [5.74, 6) is 0.324. The summed E-state index contributed by atoms with van der Waals surface area (Å²) in [6, 6.07) is 13.4. The van der Waals surface area contributed by atoms with E-state index in [4.69, 9.17) is 4.74 Å². The number of hydrogen-bond acceptors (Lipinski definition) is 4. The van der Waals surface area contributed by atoms with Gasteiger partial charge in [0.2, 0.25) is 10.0 Å². The van der Waals surface area contributed by atoms with Crippen molar-refractivity contribution < 1.29 is 17.9 Å². The Labute approximate surface area is 141 Å². The van der Waals surface area contributed by atoms with Gasteiger partial charge in [0, 0.05) is 5.56 Å². The predicted octanol–water partition coefficient (Wildman–Crippen LogP) is 2.56. The summed E-state index contributed by atoms with van der Waals surface area (Å²) in [5.41, 5.74) is 1.59. The standard InChI is InChI=1S/C17H20N2O4S/c1-12(15-9-4-5-10-16(15)19-24(3,21)22)18-17(20)13-7-6-8-14(11-13)23-2/h4-12,19H,1-3H3,(H,18,20)/t12-/m1/s1. The van der Waals surface area contributed by atoms with Gasteiger partial charge in [-0.3, -0.25) is 9.52 Å². The van der Waals surface area contributed by atoms with Gasteiger partial charge in [-0.1, -0.05) is 24.3 Å². The summed E-state index contributed by atoms with van der Waals surface area (Å²) >= 11 is 0. The number of ether oxygens (including phenoxy) is 1.